The van der Waals surface area contributed by atoms with Crippen molar-refractivity contribution in [3.05, 3.63) is 40.7 Å². The molecule has 0 bridgehead atoms. The maximum Gasteiger partial charge on any atom is 0.223 e. The third-order valence-corrected chi connectivity index (χ3v) is 7.22. The number of nitrogen functional groups attached to an aromatic ring is 1. The van der Waals surface area contributed by atoms with Gasteiger partial charge in [-0.25, -0.2) is 22.8 Å². The topological polar surface area (TPSA) is 114 Å². The second-order valence-corrected chi connectivity index (χ2v) is 10.2. The fourth-order valence-corrected chi connectivity index (χ4v) is 5.41. The highest BCUT2D eigenvalue weighted by Crippen LogP contribution is 2.31. The van der Waals surface area contributed by atoms with E-state index in [-0.39, 0.29) is 11.8 Å². The molecule has 4 rings (SSSR count). The van der Waals surface area contributed by atoms with Crippen molar-refractivity contribution >= 4 is 43.3 Å². The molecule has 1 atom stereocenters. The van der Waals surface area contributed by atoms with Gasteiger partial charge in [-0.1, -0.05) is 23.5 Å². The van der Waals surface area contributed by atoms with Gasteiger partial charge in [0.15, 0.2) is 20.5 Å². The fraction of sp³-hybridized carbons (Fsp3) is 0.389. The molecule has 2 aromatic heterocycles. The molecule has 0 radical (unpaired) electrons. The predicted octanol–water partition coefficient (Wildman–Crippen LogP) is 1.37. The lowest BCUT2D eigenvalue weighted by Gasteiger charge is -2.35. The zero-order valence-corrected chi connectivity index (χ0v) is 17.4. The molecule has 1 aliphatic rings. The molecule has 1 fully saturated rings. The number of nitrogens with zero attached hydrogens (tertiary/aromatic N) is 4. The summed E-state index contributed by atoms with van der Waals surface area (Å²) in [6.07, 6.45) is 2.58. The zero-order chi connectivity index (χ0) is 20.6. The number of benzene rings is 1. The van der Waals surface area contributed by atoms with Crippen molar-refractivity contribution in [1.29, 1.82) is 0 Å². The Hall–Kier alpha value is -2.37. The number of anilines is 2. The molecule has 3 aromatic rings. The fourth-order valence-electron chi connectivity index (χ4n) is 3.38. The molecule has 1 aromatic carbocycles. The number of hydrogen-bond acceptors (Lipinski definition) is 9. The van der Waals surface area contributed by atoms with Crippen LogP contribution in [0.25, 0.3) is 10.3 Å². The standard InChI is InChI=1S/C18H21FN6O2S2/c1-29(26,27)14-10-21-8-9-25(14)16-15-17(24-18(20)23-16)28-13(22-15)7-4-11-2-5-12(19)6-3-11/h2-3,5-6,14,21H,4,7-10H2,1H3,(H2,20,23,24). The average molecular weight is 437 g/mol. The first-order valence-electron chi connectivity index (χ1n) is 9.15. The van der Waals surface area contributed by atoms with E-state index in [1.807, 2.05) is 0 Å². The van der Waals surface area contributed by atoms with Gasteiger partial charge in [-0.15, -0.1) is 0 Å². The van der Waals surface area contributed by atoms with Gasteiger partial charge in [0.2, 0.25) is 5.95 Å². The highest BCUT2D eigenvalue weighted by Gasteiger charge is 2.33. The Bertz CT molecular complexity index is 1130. The van der Waals surface area contributed by atoms with Gasteiger partial charge >= 0.3 is 0 Å². The molecule has 1 aliphatic heterocycles. The first kappa shape index (κ1) is 19.9. The molecular formula is C18H21FN6O2S2. The van der Waals surface area contributed by atoms with Crippen LogP contribution in [0.15, 0.2) is 24.3 Å². The van der Waals surface area contributed by atoms with E-state index in [1.54, 1.807) is 17.0 Å². The molecule has 1 saturated heterocycles. The molecule has 0 saturated carbocycles. The minimum Gasteiger partial charge on any atom is -0.368 e. The number of nitrogens with one attached hydrogen (secondary N) is 1. The van der Waals surface area contributed by atoms with E-state index in [1.165, 1.54) is 29.7 Å². The van der Waals surface area contributed by atoms with E-state index in [0.29, 0.717) is 48.6 Å². The van der Waals surface area contributed by atoms with Crippen LogP contribution in [-0.2, 0) is 22.7 Å². The molecule has 29 heavy (non-hydrogen) atoms. The molecular weight excluding hydrogens is 415 g/mol. The SMILES string of the molecule is CS(=O)(=O)C1CNCCN1c1nc(N)nc2sc(CCc3ccc(F)cc3)nc12. The van der Waals surface area contributed by atoms with Gasteiger partial charge < -0.3 is 16.0 Å². The summed E-state index contributed by atoms with van der Waals surface area (Å²) in [5.74, 6) is 0.279. The van der Waals surface area contributed by atoms with Crippen molar-refractivity contribution < 1.29 is 12.8 Å². The van der Waals surface area contributed by atoms with E-state index in [2.05, 4.69) is 20.3 Å². The summed E-state index contributed by atoms with van der Waals surface area (Å²) in [5.41, 5.74) is 7.48. The van der Waals surface area contributed by atoms with Crippen LogP contribution >= 0.6 is 11.3 Å². The van der Waals surface area contributed by atoms with Crippen LogP contribution in [0.5, 0.6) is 0 Å². The lowest BCUT2D eigenvalue weighted by atomic mass is 10.1. The number of aryl methyl sites for hydroxylation is 2. The van der Waals surface area contributed by atoms with Crippen LogP contribution in [-0.4, -0.2) is 54.6 Å². The molecule has 1 unspecified atom stereocenters. The van der Waals surface area contributed by atoms with E-state index in [4.69, 9.17) is 5.73 Å². The van der Waals surface area contributed by atoms with E-state index >= 15 is 0 Å². The van der Waals surface area contributed by atoms with Crippen LogP contribution in [0, 0.1) is 5.82 Å². The van der Waals surface area contributed by atoms with E-state index in [0.717, 1.165) is 10.6 Å². The molecule has 0 spiro atoms. The summed E-state index contributed by atoms with van der Waals surface area (Å²) >= 11 is 1.41. The Morgan fingerprint density at radius 3 is 2.72 bits per heavy atom. The molecule has 8 nitrogen and oxygen atoms in total. The Morgan fingerprint density at radius 1 is 1.24 bits per heavy atom. The van der Waals surface area contributed by atoms with Crippen LogP contribution in [0.4, 0.5) is 16.2 Å². The number of nitrogens with two attached hydrogens (primary N) is 1. The lowest BCUT2D eigenvalue weighted by Crippen LogP contribution is -2.55. The van der Waals surface area contributed by atoms with Crippen LogP contribution in [0.1, 0.15) is 10.6 Å². The third kappa shape index (κ3) is 4.31. The Kier molecular flexibility index (Phi) is 5.36. The van der Waals surface area contributed by atoms with Crippen LogP contribution in [0.3, 0.4) is 0 Å². The van der Waals surface area contributed by atoms with Gasteiger partial charge in [0.25, 0.3) is 0 Å². The van der Waals surface area contributed by atoms with Gasteiger partial charge in [-0.05, 0) is 24.1 Å². The number of sulfone groups is 1. The number of rotatable bonds is 5. The smallest absolute Gasteiger partial charge is 0.223 e. The minimum atomic E-state index is -3.34. The van der Waals surface area contributed by atoms with Gasteiger partial charge in [-0.2, -0.15) is 4.98 Å². The molecule has 3 N–H and O–H groups in total. The molecule has 154 valence electrons. The van der Waals surface area contributed by atoms with Crippen molar-refractivity contribution in [2.24, 2.45) is 0 Å². The molecule has 0 aliphatic carbocycles. The van der Waals surface area contributed by atoms with Crippen molar-refractivity contribution in [3.8, 4) is 0 Å². The Labute approximate surface area is 171 Å². The van der Waals surface area contributed by atoms with Crippen LogP contribution in [0.2, 0.25) is 0 Å². The molecule has 0 amide bonds. The lowest BCUT2D eigenvalue weighted by molar-refractivity contribution is 0.520. The van der Waals surface area contributed by atoms with Crippen molar-refractivity contribution in [1.82, 2.24) is 20.3 Å². The first-order valence-corrected chi connectivity index (χ1v) is 11.9. The predicted molar refractivity (Wildman–Crippen MR) is 112 cm³/mol. The second kappa shape index (κ2) is 7.81. The number of thiazole rings is 1. The van der Waals surface area contributed by atoms with Crippen LogP contribution < -0.4 is 16.0 Å². The van der Waals surface area contributed by atoms with Crippen molar-refractivity contribution in [2.45, 2.75) is 18.2 Å². The van der Waals surface area contributed by atoms with Gasteiger partial charge in [-0.3, -0.25) is 0 Å². The quantitative estimate of drug-likeness (QED) is 0.617. The number of hydrogen-bond donors (Lipinski definition) is 2. The number of halogens is 1. The third-order valence-electron chi connectivity index (χ3n) is 4.81. The van der Waals surface area contributed by atoms with Gasteiger partial charge in [0.05, 0.1) is 5.01 Å². The maximum absolute atomic E-state index is 13.1. The largest absolute Gasteiger partial charge is 0.368 e. The van der Waals surface area contributed by atoms with Crippen molar-refractivity contribution in [2.75, 3.05) is 36.5 Å². The number of fused-ring (bicyclic) bond motifs is 1. The van der Waals surface area contributed by atoms with Gasteiger partial charge in [0.1, 0.15) is 16.7 Å². The monoisotopic (exact) mass is 436 g/mol. The number of piperazine rings is 1. The minimum absolute atomic E-state index is 0.0898. The average Bonchev–Trinajstić information content (AvgIpc) is 3.09. The van der Waals surface area contributed by atoms with Gasteiger partial charge in [0, 0.05) is 32.3 Å². The summed E-state index contributed by atoms with van der Waals surface area (Å²) in [6, 6.07) is 6.38. The highest BCUT2D eigenvalue weighted by atomic mass is 32.2. The highest BCUT2D eigenvalue weighted by molar-refractivity contribution is 7.91. The van der Waals surface area contributed by atoms with E-state index in [9.17, 15) is 12.8 Å². The number of aromatic nitrogens is 3. The maximum atomic E-state index is 13.1. The van der Waals surface area contributed by atoms with E-state index < -0.39 is 15.2 Å². The Morgan fingerprint density at radius 2 is 2.00 bits per heavy atom. The summed E-state index contributed by atoms with van der Waals surface area (Å²) in [5, 5.41) is 3.22. The normalized spacial score (nSPS) is 17.7. The molecule has 11 heteroatoms. The summed E-state index contributed by atoms with van der Waals surface area (Å²) in [7, 11) is -3.34. The summed E-state index contributed by atoms with van der Waals surface area (Å²) < 4.78 is 37.6. The molecule has 3 heterocycles. The Balaban J connectivity index is 1.67. The second-order valence-electron chi connectivity index (χ2n) is 6.97. The van der Waals surface area contributed by atoms with Crippen molar-refractivity contribution in [3.63, 3.8) is 0 Å². The summed E-state index contributed by atoms with van der Waals surface area (Å²) in [4.78, 5) is 15.7. The zero-order valence-electron chi connectivity index (χ0n) is 15.8. The first-order chi connectivity index (χ1) is 13.8. The summed E-state index contributed by atoms with van der Waals surface area (Å²) in [6.45, 7) is 1.43.